The van der Waals surface area contributed by atoms with Crippen molar-refractivity contribution in [2.24, 2.45) is 0 Å². The van der Waals surface area contributed by atoms with Crippen molar-refractivity contribution in [3.63, 3.8) is 0 Å². The van der Waals surface area contributed by atoms with Gasteiger partial charge in [-0.1, -0.05) is 0 Å². The minimum absolute atomic E-state index is 0.115. The molecule has 1 aromatic carbocycles. The molecule has 1 rings (SSSR count). The number of halogens is 6. The lowest BCUT2D eigenvalue weighted by Crippen LogP contribution is -2.14. The lowest BCUT2D eigenvalue weighted by molar-refractivity contribution is -0.142. The van der Waals surface area contributed by atoms with Crippen molar-refractivity contribution in [2.75, 3.05) is 5.73 Å². The van der Waals surface area contributed by atoms with Crippen LogP contribution in [0, 0.1) is 11.3 Å². The fourth-order valence-electron chi connectivity index (χ4n) is 1.14. The molecule has 0 saturated carbocycles. The van der Waals surface area contributed by atoms with Gasteiger partial charge in [0, 0.05) is 0 Å². The highest BCUT2D eigenvalue weighted by atomic mass is 19.4. The predicted molar refractivity (Wildman–Crippen MR) is 45.6 cm³/mol. The number of nitrogens with two attached hydrogens (primary N) is 1. The van der Waals surface area contributed by atoms with E-state index < -0.39 is 34.7 Å². The van der Waals surface area contributed by atoms with Crippen molar-refractivity contribution < 1.29 is 26.3 Å². The molecule has 17 heavy (non-hydrogen) atoms. The van der Waals surface area contributed by atoms with Crippen LogP contribution in [-0.4, -0.2) is 0 Å². The highest BCUT2D eigenvalue weighted by Gasteiger charge is 2.39. The van der Waals surface area contributed by atoms with E-state index >= 15 is 0 Å². The van der Waals surface area contributed by atoms with Gasteiger partial charge in [-0.05, 0) is 12.1 Å². The maximum absolute atomic E-state index is 12.4. The Kier molecular flexibility index (Phi) is 2.97. The molecule has 92 valence electrons. The second kappa shape index (κ2) is 3.84. The fraction of sp³-hybridized carbons (Fsp3) is 0.222. The molecule has 0 aliphatic heterocycles. The second-order valence-corrected chi connectivity index (χ2v) is 3.09. The first kappa shape index (κ1) is 13.2. The molecular weight excluding hydrogens is 250 g/mol. The van der Waals surface area contributed by atoms with Gasteiger partial charge in [0.15, 0.2) is 0 Å². The summed E-state index contributed by atoms with van der Waals surface area (Å²) in [5.74, 6) is 0. The Morgan fingerprint density at radius 2 is 1.53 bits per heavy atom. The van der Waals surface area contributed by atoms with E-state index in [1.165, 1.54) is 6.07 Å². The maximum Gasteiger partial charge on any atom is 0.418 e. The number of nitriles is 1. The zero-order chi connectivity index (χ0) is 13.4. The smallest absolute Gasteiger partial charge is 0.397 e. The average molecular weight is 254 g/mol. The standard InChI is InChI=1S/C9H4F6N2/c10-8(11,12)5-1-4(3-16)7(17)6(2-5)9(13,14)15/h1-2H,17H2. The van der Waals surface area contributed by atoms with Crippen molar-refractivity contribution in [2.45, 2.75) is 12.4 Å². The van der Waals surface area contributed by atoms with Gasteiger partial charge in [-0.15, -0.1) is 0 Å². The van der Waals surface area contributed by atoms with E-state index in [9.17, 15) is 26.3 Å². The van der Waals surface area contributed by atoms with Crippen molar-refractivity contribution in [1.29, 1.82) is 5.26 Å². The summed E-state index contributed by atoms with van der Waals surface area (Å²) in [7, 11) is 0. The molecule has 0 aromatic heterocycles. The van der Waals surface area contributed by atoms with Crippen LogP contribution in [0.4, 0.5) is 32.0 Å². The number of hydrogen-bond acceptors (Lipinski definition) is 2. The van der Waals surface area contributed by atoms with Gasteiger partial charge in [0.2, 0.25) is 0 Å². The first-order valence-electron chi connectivity index (χ1n) is 4.05. The number of hydrogen-bond donors (Lipinski definition) is 1. The van der Waals surface area contributed by atoms with E-state index in [2.05, 4.69) is 0 Å². The third-order valence-corrected chi connectivity index (χ3v) is 1.93. The van der Waals surface area contributed by atoms with E-state index in [-0.39, 0.29) is 12.1 Å². The van der Waals surface area contributed by atoms with Crippen molar-refractivity contribution in [3.8, 4) is 6.07 Å². The Balaban J connectivity index is 3.58. The minimum atomic E-state index is -5.04. The minimum Gasteiger partial charge on any atom is -0.397 e. The fourth-order valence-corrected chi connectivity index (χ4v) is 1.14. The molecule has 0 radical (unpaired) electrons. The van der Waals surface area contributed by atoms with E-state index in [4.69, 9.17) is 11.0 Å². The summed E-state index contributed by atoms with van der Waals surface area (Å²) in [5, 5.41) is 8.43. The van der Waals surface area contributed by atoms with Gasteiger partial charge in [-0.25, -0.2) is 0 Å². The highest BCUT2D eigenvalue weighted by molar-refractivity contribution is 5.62. The topological polar surface area (TPSA) is 49.8 Å². The van der Waals surface area contributed by atoms with Crippen molar-refractivity contribution in [1.82, 2.24) is 0 Å². The first-order chi connectivity index (χ1) is 7.57. The molecule has 2 nitrogen and oxygen atoms in total. The molecule has 0 atom stereocenters. The third kappa shape index (κ3) is 2.61. The first-order valence-corrected chi connectivity index (χ1v) is 4.05. The summed E-state index contributed by atoms with van der Waals surface area (Å²) in [6, 6.07) is 1.36. The molecule has 0 saturated heterocycles. The number of rotatable bonds is 0. The van der Waals surface area contributed by atoms with Crippen LogP contribution >= 0.6 is 0 Å². The number of nitrogens with zero attached hydrogens (tertiary/aromatic N) is 1. The highest BCUT2D eigenvalue weighted by Crippen LogP contribution is 2.39. The van der Waals surface area contributed by atoms with Gasteiger partial charge in [-0.3, -0.25) is 0 Å². The van der Waals surface area contributed by atoms with Gasteiger partial charge in [-0.2, -0.15) is 31.6 Å². The SMILES string of the molecule is N#Cc1cc(C(F)(F)F)cc(C(F)(F)F)c1N. The molecule has 0 unspecified atom stereocenters. The molecule has 0 amide bonds. The van der Waals surface area contributed by atoms with Crippen LogP contribution in [0.3, 0.4) is 0 Å². The van der Waals surface area contributed by atoms with Crippen molar-refractivity contribution >= 4 is 5.69 Å². The molecule has 0 spiro atoms. The van der Waals surface area contributed by atoms with Gasteiger partial charge in [0.25, 0.3) is 0 Å². The van der Waals surface area contributed by atoms with Crippen LogP contribution in [-0.2, 0) is 12.4 Å². The van der Waals surface area contributed by atoms with E-state index in [1.807, 2.05) is 0 Å². The van der Waals surface area contributed by atoms with Crippen LogP contribution in [0.25, 0.3) is 0 Å². The van der Waals surface area contributed by atoms with Crippen LogP contribution in [0.1, 0.15) is 16.7 Å². The van der Waals surface area contributed by atoms with Gasteiger partial charge in [0.05, 0.1) is 22.4 Å². The molecule has 0 bridgehead atoms. The van der Waals surface area contributed by atoms with Crippen LogP contribution < -0.4 is 5.73 Å². The second-order valence-electron chi connectivity index (χ2n) is 3.09. The summed E-state index contributed by atoms with van der Waals surface area (Å²) in [5.41, 5.74) is -0.101. The third-order valence-electron chi connectivity index (χ3n) is 1.93. The molecule has 0 aliphatic carbocycles. The molecule has 2 N–H and O–H groups in total. The van der Waals surface area contributed by atoms with E-state index in [0.29, 0.717) is 0 Å². The molecular formula is C9H4F6N2. The normalized spacial score (nSPS) is 12.3. The molecule has 0 fully saturated rings. The Bertz CT molecular complexity index is 480. The van der Waals surface area contributed by atoms with Gasteiger partial charge >= 0.3 is 12.4 Å². The van der Waals surface area contributed by atoms with Gasteiger partial charge in [0.1, 0.15) is 6.07 Å². The maximum atomic E-state index is 12.4. The molecule has 1 aromatic rings. The summed E-state index contributed by atoms with van der Waals surface area (Å²) < 4.78 is 74.0. The Morgan fingerprint density at radius 1 is 1.00 bits per heavy atom. The summed E-state index contributed by atoms with van der Waals surface area (Å²) in [6.45, 7) is 0. The number of benzene rings is 1. The van der Waals surface area contributed by atoms with Crippen LogP contribution in [0.2, 0.25) is 0 Å². The average Bonchev–Trinajstić information content (AvgIpc) is 2.14. The molecule has 0 heterocycles. The zero-order valence-corrected chi connectivity index (χ0v) is 7.95. The predicted octanol–water partition coefficient (Wildman–Crippen LogP) is 3.18. The molecule has 8 heteroatoms. The lowest BCUT2D eigenvalue weighted by atomic mass is 10.0. The zero-order valence-electron chi connectivity index (χ0n) is 7.95. The van der Waals surface area contributed by atoms with E-state index in [0.717, 1.165) is 0 Å². The quantitative estimate of drug-likeness (QED) is 0.571. The van der Waals surface area contributed by atoms with E-state index in [1.54, 1.807) is 0 Å². The summed E-state index contributed by atoms with van der Waals surface area (Å²) in [6.07, 6.45) is -10.0. The Labute approximate surface area is 91.3 Å². The monoisotopic (exact) mass is 254 g/mol. The van der Waals surface area contributed by atoms with Crippen molar-refractivity contribution in [3.05, 3.63) is 28.8 Å². The lowest BCUT2D eigenvalue weighted by Gasteiger charge is -2.14. The molecule has 0 aliphatic rings. The number of alkyl halides is 6. The number of nitrogen functional groups attached to an aromatic ring is 1. The summed E-state index contributed by atoms with van der Waals surface area (Å²) >= 11 is 0. The number of anilines is 1. The summed E-state index contributed by atoms with van der Waals surface area (Å²) in [4.78, 5) is 0. The van der Waals surface area contributed by atoms with Crippen LogP contribution in [0.5, 0.6) is 0 Å². The van der Waals surface area contributed by atoms with Gasteiger partial charge < -0.3 is 5.73 Å². The Hall–Kier alpha value is -1.91. The largest absolute Gasteiger partial charge is 0.418 e. The van der Waals surface area contributed by atoms with Crippen LogP contribution in [0.15, 0.2) is 12.1 Å². The Morgan fingerprint density at radius 3 is 1.88 bits per heavy atom.